The van der Waals surface area contributed by atoms with Gasteiger partial charge in [0.1, 0.15) is 11.6 Å². The number of methoxy groups -OCH3 is 1. The largest absolute Gasteiger partial charge is 0.495 e. The average Bonchev–Trinajstić information content (AvgIpc) is 2.38. The molecule has 0 amide bonds. The molecule has 0 aliphatic heterocycles. The lowest BCUT2D eigenvalue weighted by atomic mass is 10.2. The highest BCUT2D eigenvalue weighted by molar-refractivity contribution is 9.10. The molecular formula is C13H11BrClFN2O. The smallest absolute Gasteiger partial charge is 0.139 e. The molecule has 0 saturated heterocycles. The number of halogens is 3. The number of nitrogens with one attached hydrogen (secondary N) is 1. The van der Waals surface area contributed by atoms with Gasteiger partial charge in [-0.1, -0.05) is 11.6 Å². The summed E-state index contributed by atoms with van der Waals surface area (Å²) in [5.41, 5.74) is 7.43. The number of rotatable bonds is 3. The van der Waals surface area contributed by atoms with Gasteiger partial charge in [0.15, 0.2) is 0 Å². The molecule has 0 heterocycles. The summed E-state index contributed by atoms with van der Waals surface area (Å²) in [7, 11) is 1.53. The highest BCUT2D eigenvalue weighted by atomic mass is 79.9. The minimum absolute atomic E-state index is 0.323. The Morgan fingerprint density at radius 1 is 1.32 bits per heavy atom. The third-order valence-corrected chi connectivity index (χ3v) is 3.44. The Bertz CT molecular complexity index is 622. The van der Waals surface area contributed by atoms with Gasteiger partial charge in [0.05, 0.1) is 28.0 Å². The molecule has 100 valence electrons. The number of benzene rings is 2. The van der Waals surface area contributed by atoms with Crippen molar-refractivity contribution in [2.75, 3.05) is 18.2 Å². The molecule has 0 fully saturated rings. The summed E-state index contributed by atoms with van der Waals surface area (Å²) in [6.07, 6.45) is 0. The second-order valence-corrected chi connectivity index (χ2v) is 5.09. The first-order chi connectivity index (χ1) is 9.01. The topological polar surface area (TPSA) is 47.3 Å². The Kier molecular flexibility index (Phi) is 4.17. The van der Waals surface area contributed by atoms with E-state index in [1.807, 2.05) is 0 Å². The predicted octanol–water partition coefficient (Wildman–Crippen LogP) is 4.58. The van der Waals surface area contributed by atoms with Crippen molar-refractivity contribution in [1.29, 1.82) is 0 Å². The van der Waals surface area contributed by atoms with E-state index in [4.69, 9.17) is 22.1 Å². The fraction of sp³-hybridized carbons (Fsp3) is 0.0769. The van der Waals surface area contributed by atoms with Crippen LogP contribution in [0.1, 0.15) is 0 Å². The Hall–Kier alpha value is -1.46. The van der Waals surface area contributed by atoms with Gasteiger partial charge in [0.25, 0.3) is 0 Å². The van der Waals surface area contributed by atoms with Crippen molar-refractivity contribution in [2.45, 2.75) is 0 Å². The summed E-state index contributed by atoms with van der Waals surface area (Å²) in [4.78, 5) is 0. The van der Waals surface area contributed by atoms with Crippen molar-refractivity contribution in [3.8, 4) is 5.75 Å². The lowest BCUT2D eigenvalue weighted by molar-refractivity contribution is 0.415. The molecule has 0 spiro atoms. The van der Waals surface area contributed by atoms with Crippen LogP contribution in [0.15, 0.2) is 34.8 Å². The standard InChI is InChI=1S/C13H11BrClFN2O/c1-19-13-4-7(2-3-9(13)15)18-12-6-10(16)8(14)5-11(12)17/h2-6,18H,17H2,1H3. The Labute approximate surface area is 123 Å². The molecule has 0 unspecified atom stereocenters. The van der Waals surface area contributed by atoms with Gasteiger partial charge >= 0.3 is 0 Å². The molecule has 3 nitrogen and oxygen atoms in total. The summed E-state index contributed by atoms with van der Waals surface area (Å²) in [6.45, 7) is 0. The highest BCUT2D eigenvalue weighted by Gasteiger charge is 2.08. The van der Waals surface area contributed by atoms with Gasteiger partial charge in [-0.05, 0) is 34.1 Å². The van der Waals surface area contributed by atoms with E-state index >= 15 is 0 Å². The van der Waals surface area contributed by atoms with Crippen LogP contribution in [0.25, 0.3) is 0 Å². The third-order valence-electron chi connectivity index (χ3n) is 2.52. The molecule has 0 bridgehead atoms. The molecule has 0 aliphatic carbocycles. The Balaban J connectivity index is 2.33. The first-order valence-corrected chi connectivity index (χ1v) is 6.53. The van der Waals surface area contributed by atoms with Crippen molar-refractivity contribution >= 4 is 44.6 Å². The molecule has 3 N–H and O–H groups in total. The molecule has 2 rings (SSSR count). The summed E-state index contributed by atoms with van der Waals surface area (Å²) >= 11 is 9.01. The summed E-state index contributed by atoms with van der Waals surface area (Å²) in [5.74, 6) is 0.139. The van der Waals surface area contributed by atoms with E-state index in [2.05, 4.69) is 21.2 Å². The molecule has 2 aromatic rings. The van der Waals surface area contributed by atoms with Gasteiger partial charge in [-0.15, -0.1) is 0 Å². The van der Waals surface area contributed by atoms with Gasteiger partial charge in [0.2, 0.25) is 0 Å². The van der Waals surface area contributed by atoms with Crippen LogP contribution in [-0.2, 0) is 0 Å². The maximum Gasteiger partial charge on any atom is 0.139 e. The molecular weight excluding hydrogens is 335 g/mol. The quantitative estimate of drug-likeness (QED) is 0.801. The maximum atomic E-state index is 13.5. The number of nitrogens with two attached hydrogens (primary N) is 1. The van der Waals surface area contributed by atoms with Crippen molar-refractivity contribution < 1.29 is 9.13 Å². The number of hydrogen-bond donors (Lipinski definition) is 2. The average molecular weight is 346 g/mol. The minimum atomic E-state index is -0.391. The first kappa shape index (κ1) is 14.0. The number of anilines is 3. The third kappa shape index (κ3) is 3.11. The van der Waals surface area contributed by atoms with E-state index in [9.17, 15) is 4.39 Å². The van der Waals surface area contributed by atoms with Crippen molar-refractivity contribution in [3.63, 3.8) is 0 Å². The van der Waals surface area contributed by atoms with E-state index in [-0.39, 0.29) is 0 Å². The molecule has 0 aliphatic rings. The first-order valence-electron chi connectivity index (χ1n) is 5.36. The van der Waals surface area contributed by atoms with E-state index in [0.29, 0.717) is 32.3 Å². The van der Waals surface area contributed by atoms with Gasteiger partial charge < -0.3 is 15.8 Å². The zero-order chi connectivity index (χ0) is 14.0. The fourth-order valence-corrected chi connectivity index (χ4v) is 2.12. The second-order valence-electron chi connectivity index (χ2n) is 3.83. The molecule has 0 saturated carbocycles. The molecule has 0 atom stereocenters. The van der Waals surface area contributed by atoms with Crippen LogP contribution in [0.4, 0.5) is 21.5 Å². The van der Waals surface area contributed by atoms with Gasteiger partial charge in [0, 0.05) is 17.8 Å². The zero-order valence-corrected chi connectivity index (χ0v) is 12.3. The monoisotopic (exact) mass is 344 g/mol. The Morgan fingerprint density at radius 2 is 2.05 bits per heavy atom. The predicted molar refractivity (Wildman–Crippen MR) is 79.8 cm³/mol. The Morgan fingerprint density at radius 3 is 2.74 bits per heavy atom. The maximum absolute atomic E-state index is 13.5. The van der Waals surface area contributed by atoms with Gasteiger partial charge in [-0.25, -0.2) is 4.39 Å². The lowest BCUT2D eigenvalue weighted by Crippen LogP contribution is -1.98. The van der Waals surface area contributed by atoms with E-state index in [1.165, 1.54) is 19.2 Å². The van der Waals surface area contributed by atoms with Crippen molar-refractivity contribution in [2.24, 2.45) is 0 Å². The number of nitrogen functional groups attached to an aromatic ring is 1. The summed E-state index contributed by atoms with van der Waals surface area (Å²) < 4.78 is 18.9. The van der Waals surface area contributed by atoms with Crippen molar-refractivity contribution in [1.82, 2.24) is 0 Å². The van der Waals surface area contributed by atoms with Crippen LogP contribution in [-0.4, -0.2) is 7.11 Å². The summed E-state index contributed by atoms with van der Waals surface area (Å²) in [6, 6.07) is 7.98. The van der Waals surface area contributed by atoms with Gasteiger partial charge in [-0.3, -0.25) is 0 Å². The molecule has 19 heavy (non-hydrogen) atoms. The van der Waals surface area contributed by atoms with Crippen LogP contribution < -0.4 is 15.8 Å². The summed E-state index contributed by atoms with van der Waals surface area (Å²) in [5, 5.41) is 3.52. The van der Waals surface area contributed by atoms with E-state index < -0.39 is 5.82 Å². The molecule has 2 aromatic carbocycles. The van der Waals surface area contributed by atoms with Gasteiger partial charge in [-0.2, -0.15) is 0 Å². The zero-order valence-electron chi connectivity index (χ0n) is 10.0. The van der Waals surface area contributed by atoms with E-state index in [0.717, 1.165) is 0 Å². The molecule has 6 heteroatoms. The highest BCUT2D eigenvalue weighted by Crippen LogP contribution is 2.32. The lowest BCUT2D eigenvalue weighted by Gasteiger charge is -2.12. The van der Waals surface area contributed by atoms with Crippen LogP contribution in [0.3, 0.4) is 0 Å². The number of ether oxygens (including phenoxy) is 1. The van der Waals surface area contributed by atoms with Crippen LogP contribution in [0, 0.1) is 5.82 Å². The molecule has 0 radical (unpaired) electrons. The fourth-order valence-electron chi connectivity index (χ4n) is 1.56. The van der Waals surface area contributed by atoms with E-state index in [1.54, 1.807) is 18.2 Å². The number of hydrogen-bond acceptors (Lipinski definition) is 3. The van der Waals surface area contributed by atoms with Crippen LogP contribution in [0.5, 0.6) is 5.75 Å². The minimum Gasteiger partial charge on any atom is -0.495 e. The van der Waals surface area contributed by atoms with Crippen molar-refractivity contribution in [3.05, 3.63) is 45.6 Å². The molecule has 0 aromatic heterocycles. The second kappa shape index (κ2) is 5.67. The van der Waals surface area contributed by atoms with Crippen LogP contribution >= 0.6 is 27.5 Å². The SMILES string of the molecule is COc1cc(Nc2cc(F)c(Br)cc2N)ccc1Cl. The normalized spacial score (nSPS) is 10.3. The van der Waals surface area contributed by atoms with Crippen LogP contribution in [0.2, 0.25) is 5.02 Å².